The van der Waals surface area contributed by atoms with Gasteiger partial charge in [-0.15, -0.1) is 11.8 Å². The lowest BCUT2D eigenvalue weighted by molar-refractivity contribution is -0.142. The van der Waals surface area contributed by atoms with Gasteiger partial charge in [-0.1, -0.05) is 20.3 Å². The van der Waals surface area contributed by atoms with Crippen LogP contribution in [0.25, 0.3) is 0 Å². The summed E-state index contributed by atoms with van der Waals surface area (Å²) in [4.78, 5) is 23.8. The topological polar surface area (TPSA) is 66.4 Å². The Balaban J connectivity index is 2.46. The molecule has 2 N–H and O–H groups in total. The lowest BCUT2D eigenvalue weighted by atomic mass is 10.1. The molecule has 2 unspecified atom stereocenters. The molecule has 0 bridgehead atoms. The Kier molecular flexibility index (Phi) is 7.22. The van der Waals surface area contributed by atoms with Crippen molar-refractivity contribution in [2.75, 3.05) is 5.75 Å². The van der Waals surface area contributed by atoms with Gasteiger partial charge in [-0.05, 0) is 30.7 Å². The SMILES string of the molecule is CCCC(NC(=O)C(C)CSc1ccc(F)cc1)C(=O)O. The number of carboxylic acids is 1. The standard InChI is InChI=1S/C15H20FNO3S/c1-3-4-13(15(19)20)17-14(18)10(2)9-21-12-7-5-11(16)6-8-12/h5-8,10,13H,3-4,9H2,1-2H3,(H,17,18)(H,19,20). The zero-order chi connectivity index (χ0) is 15.8. The van der Waals surface area contributed by atoms with E-state index in [9.17, 15) is 14.0 Å². The Hall–Kier alpha value is -1.56. The monoisotopic (exact) mass is 313 g/mol. The van der Waals surface area contributed by atoms with Crippen molar-refractivity contribution in [3.63, 3.8) is 0 Å². The molecule has 0 radical (unpaired) electrons. The van der Waals surface area contributed by atoms with Crippen LogP contribution in [0.5, 0.6) is 0 Å². The van der Waals surface area contributed by atoms with E-state index in [1.54, 1.807) is 19.1 Å². The van der Waals surface area contributed by atoms with E-state index in [0.29, 0.717) is 18.6 Å². The quantitative estimate of drug-likeness (QED) is 0.724. The molecule has 0 heterocycles. The molecule has 0 aliphatic carbocycles. The molecule has 1 amide bonds. The third-order valence-electron chi connectivity index (χ3n) is 2.95. The molecule has 4 nitrogen and oxygen atoms in total. The van der Waals surface area contributed by atoms with Crippen LogP contribution in [0.1, 0.15) is 26.7 Å². The second-order valence-electron chi connectivity index (χ2n) is 4.85. The Labute approximate surface area is 128 Å². The molecule has 1 aromatic rings. The summed E-state index contributed by atoms with van der Waals surface area (Å²) in [6, 6.07) is 5.22. The number of carbonyl (C=O) groups is 2. The number of carbonyl (C=O) groups excluding carboxylic acids is 1. The number of halogens is 1. The number of hydrogen-bond donors (Lipinski definition) is 2. The van der Waals surface area contributed by atoms with Gasteiger partial charge >= 0.3 is 5.97 Å². The van der Waals surface area contributed by atoms with Crippen LogP contribution in [-0.4, -0.2) is 28.8 Å². The molecule has 0 saturated heterocycles. The molecule has 0 aliphatic rings. The van der Waals surface area contributed by atoms with Gasteiger partial charge in [0, 0.05) is 16.6 Å². The summed E-state index contributed by atoms with van der Waals surface area (Å²) in [5, 5.41) is 11.6. The third-order valence-corrected chi connectivity index (χ3v) is 4.23. The van der Waals surface area contributed by atoms with Crippen LogP contribution < -0.4 is 5.32 Å². The number of benzene rings is 1. The van der Waals surface area contributed by atoms with Crippen molar-refractivity contribution < 1.29 is 19.1 Å². The van der Waals surface area contributed by atoms with Crippen LogP contribution in [0, 0.1) is 11.7 Å². The van der Waals surface area contributed by atoms with Crippen molar-refractivity contribution in [1.29, 1.82) is 0 Å². The van der Waals surface area contributed by atoms with E-state index in [2.05, 4.69) is 5.32 Å². The summed E-state index contributed by atoms with van der Waals surface area (Å²) < 4.78 is 12.8. The van der Waals surface area contributed by atoms with Gasteiger partial charge in [0.05, 0.1) is 0 Å². The molecular formula is C15H20FNO3S. The van der Waals surface area contributed by atoms with Gasteiger partial charge in [0.15, 0.2) is 0 Å². The van der Waals surface area contributed by atoms with Crippen molar-refractivity contribution >= 4 is 23.6 Å². The maximum absolute atomic E-state index is 12.8. The van der Waals surface area contributed by atoms with Gasteiger partial charge in [-0.25, -0.2) is 9.18 Å². The molecule has 1 aromatic carbocycles. The average Bonchev–Trinajstić information content (AvgIpc) is 2.45. The lowest BCUT2D eigenvalue weighted by Crippen LogP contribution is -2.43. The minimum absolute atomic E-state index is 0.273. The van der Waals surface area contributed by atoms with E-state index in [1.165, 1.54) is 23.9 Å². The Morgan fingerprint density at radius 2 is 1.95 bits per heavy atom. The highest BCUT2D eigenvalue weighted by atomic mass is 32.2. The summed E-state index contributed by atoms with van der Waals surface area (Å²) in [7, 11) is 0. The van der Waals surface area contributed by atoms with Crippen LogP contribution in [0.3, 0.4) is 0 Å². The second kappa shape index (κ2) is 8.67. The van der Waals surface area contributed by atoms with Crippen molar-refractivity contribution in [2.45, 2.75) is 37.6 Å². The molecular weight excluding hydrogens is 293 g/mol. The van der Waals surface area contributed by atoms with Crippen LogP contribution >= 0.6 is 11.8 Å². The number of aliphatic carboxylic acids is 1. The number of rotatable bonds is 8. The van der Waals surface area contributed by atoms with Crippen molar-refractivity contribution in [1.82, 2.24) is 5.32 Å². The zero-order valence-electron chi connectivity index (χ0n) is 12.1. The Morgan fingerprint density at radius 1 is 1.33 bits per heavy atom. The zero-order valence-corrected chi connectivity index (χ0v) is 13.0. The Bertz CT molecular complexity index is 478. The first kappa shape index (κ1) is 17.5. The van der Waals surface area contributed by atoms with Gasteiger partial charge in [0.1, 0.15) is 11.9 Å². The van der Waals surface area contributed by atoms with Crippen LogP contribution in [0.2, 0.25) is 0 Å². The molecule has 0 fully saturated rings. The van der Waals surface area contributed by atoms with E-state index >= 15 is 0 Å². The van der Waals surface area contributed by atoms with E-state index in [1.807, 2.05) is 6.92 Å². The highest BCUT2D eigenvalue weighted by Gasteiger charge is 2.22. The second-order valence-corrected chi connectivity index (χ2v) is 5.95. The predicted molar refractivity (Wildman–Crippen MR) is 80.8 cm³/mol. The summed E-state index contributed by atoms with van der Waals surface area (Å²) in [6.07, 6.45) is 1.11. The van der Waals surface area contributed by atoms with Gasteiger partial charge in [-0.2, -0.15) is 0 Å². The highest BCUT2D eigenvalue weighted by molar-refractivity contribution is 7.99. The number of thioether (sulfide) groups is 1. The molecule has 0 spiro atoms. The highest BCUT2D eigenvalue weighted by Crippen LogP contribution is 2.21. The van der Waals surface area contributed by atoms with E-state index in [-0.39, 0.29) is 17.6 Å². The lowest BCUT2D eigenvalue weighted by Gasteiger charge is -2.17. The maximum atomic E-state index is 12.8. The fraction of sp³-hybridized carbons (Fsp3) is 0.467. The summed E-state index contributed by atoms with van der Waals surface area (Å²) in [5.41, 5.74) is 0. The van der Waals surface area contributed by atoms with Crippen LogP contribution in [0.4, 0.5) is 4.39 Å². The van der Waals surface area contributed by atoms with Crippen molar-refractivity contribution in [2.24, 2.45) is 5.92 Å². The minimum Gasteiger partial charge on any atom is -0.480 e. The molecule has 1 rings (SSSR count). The van der Waals surface area contributed by atoms with Gasteiger partial charge in [0.25, 0.3) is 0 Å². The number of nitrogens with one attached hydrogen (secondary N) is 1. The van der Waals surface area contributed by atoms with E-state index < -0.39 is 12.0 Å². The van der Waals surface area contributed by atoms with Gasteiger partial charge in [0.2, 0.25) is 5.91 Å². The van der Waals surface area contributed by atoms with Gasteiger partial charge < -0.3 is 10.4 Å². The summed E-state index contributed by atoms with van der Waals surface area (Å²) >= 11 is 1.44. The number of carboxylic acid groups (broad SMARTS) is 1. The fourth-order valence-corrected chi connectivity index (χ4v) is 2.61. The molecule has 0 saturated carbocycles. The fourth-order valence-electron chi connectivity index (χ4n) is 1.69. The summed E-state index contributed by atoms with van der Waals surface area (Å²) in [5.74, 6) is -1.39. The van der Waals surface area contributed by atoms with Crippen molar-refractivity contribution in [3.8, 4) is 0 Å². The molecule has 2 atom stereocenters. The third kappa shape index (κ3) is 6.16. The number of hydrogen-bond acceptors (Lipinski definition) is 3. The Morgan fingerprint density at radius 3 is 2.48 bits per heavy atom. The molecule has 116 valence electrons. The minimum atomic E-state index is -1.01. The first-order valence-corrected chi connectivity index (χ1v) is 7.84. The molecule has 6 heteroatoms. The smallest absolute Gasteiger partial charge is 0.326 e. The molecule has 0 aliphatic heterocycles. The van der Waals surface area contributed by atoms with E-state index in [0.717, 1.165) is 4.90 Å². The van der Waals surface area contributed by atoms with Crippen LogP contribution in [-0.2, 0) is 9.59 Å². The normalized spacial score (nSPS) is 13.5. The average molecular weight is 313 g/mol. The molecule has 0 aromatic heterocycles. The van der Waals surface area contributed by atoms with Crippen LogP contribution in [0.15, 0.2) is 29.2 Å². The summed E-state index contributed by atoms with van der Waals surface area (Å²) in [6.45, 7) is 3.62. The van der Waals surface area contributed by atoms with Gasteiger partial charge in [-0.3, -0.25) is 4.79 Å². The first-order valence-electron chi connectivity index (χ1n) is 6.85. The van der Waals surface area contributed by atoms with E-state index in [4.69, 9.17) is 5.11 Å². The maximum Gasteiger partial charge on any atom is 0.326 e. The first-order chi connectivity index (χ1) is 9.93. The largest absolute Gasteiger partial charge is 0.480 e. The molecule has 21 heavy (non-hydrogen) atoms. The predicted octanol–water partition coefficient (Wildman–Crippen LogP) is 2.92. The number of amides is 1. The van der Waals surface area contributed by atoms with Crippen molar-refractivity contribution in [3.05, 3.63) is 30.1 Å².